The molecule has 0 aromatic rings. The topological polar surface area (TPSA) is 115 Å². The fourth-order valence-corrected chi connectivity index (χ4v) is 1.23. The molecule has 8 nitrogen and oxygen atoms in total. The second-order valence-electron chi connectivity index (χ2n) is 3.74. The first kappa shape index (κ1) is 17.6. The van der Waals surface area contributed by atoms with Crippen LogP contribution in [0.5, 0.6) is 0 Å². The number of ether oxygens (including phenoxy) is 1. The molecule has 0 bridgehead atoms. The summed E-state index contributed by atoms with van der Waals surface area (Å²) in [6.07, 6.45) is 5.38. The van der Waals surface area contributed by atoms with E-state index >= 15 is 0 Å². The van der Waals surface area contributed by atoms with Crippen LogP contribution in [0, 0.1) is 6.61 Å². The average Bonchev–Trinajstić information content (AvgIpc) is 2.43. The van der Waals surface area contributed by atoms with Crippen molar-refractivity contribution >= 4 is 24.2 Å². The maximum Gasteiger partial charge on any atom is 0.332 e. The zero-order valence-electron chi connectivity index (χ0n) is 10.9. The Balaban J connectivity index is 4.21. The summed E-state index contributed by atoms with van der Waals surface area (Å²) >= 11 is 0. The highest BCUT2D eigenvalue weighted by Gasteiger charge is 2.19. The van der Waals surface area contributed by atoms with Gasteiger partial charge < -0.3 is 4.74 Å². The molecular weight excluding hydrogens is 266 g/mol. The number of carbonyl (C=O) groups excluding carboxylic acids is 4. The molecule has 0 spiro atoms. The van der Waals surface area contributed by atoms with Gasteiger partial charge in [0.1, 0.15) is 6.04 Å². The van der Waals surface area contributed by atoms with Crippen molar-refractivity contribution in [1.82, 2.24) is 0 Å². The number of unbranched alkanes of at least 4 members (excludes halogenated alkanes) is 1. The van der Waals surface area contributed by atoms with Crippen LogP contribution in [0.25, 0.3) is 0 Å². The summed E-state index contributed by atoms with van der Waals surface area (Å²) in [6, 6.07) is -1.60. The minimum Gasteiger partial charge on any atom is -0.454 e. The van der Waals surface area contributed by atoms with Gasteiger partial charge in [-0.2, -0.15) is 9.98 Å². The fraction of sp³-hybridized carbons (Fsp3) is 0.583. The van der Waals surface area contributed by atoms with E-state index in [4.69, 9.17) is 4.74 Å². The number of hydrogen-bond acceptors (Lipinski definition) is 8. The molecule has 107 valence electrons. The average molecular weight is 280 g/mol. The number of esters is 1. The Morgan fingerprint density at radius 2 is 1.85 bits per heavy atom. The molecule has 2 atom stereocenters. The number of isocyanates is 3. The summed E-state index contributed by atoms with van der Waals surface area (Å²) in [5, 5.41) is 0. The first-order chi connectivity index (χ1) is 9.65. The maximum absolute atomic E-state index is 11.6. The highest BCUT2D eigenvalue weighted by atomic mass is 16.5. The molecule has 0 amide bonds. The van der Waals surface area contributed by atoms with Gasteiger partial charge in [0.2, 0.25) is 18.2 Å². The fourth-order valence-electron chi connectivity index (χ4n) is 1.23. The second kappa shape index (κ2) is 11.7. The summed E-state index contributed by atoms with van der Waals surface area (Å²) in [5.74, 6) is -0.736. The van der Waals surface area contributed by atoms with Crippen LogP contribution in [0.15, 0.2) is 15.0 Å². The Labute approximate surface area is 115 Å². The Bertz CT molecular complexity index is 446. The molecule has 0 aliphatic carbocycles. The molecule has 0 saturated carbocycles. The lowest BCUT2D eigenvalue weighted by molar-refractivity contribution is -0.142. The minimum absolute atomic E-state index is 0.265. The van der Waals surface area contributed by atoms with Crippen LogP contribution in [-0.2, 0) is 23.9 Å². The van der Waals surface area contributed by atoms with Gasteiger partial charge in [0.15, 0.2) is 12.6 Å². The summed E-state index contributed by atoms with van der Waals surface area (Å²) < 4.78 is 4.75. The third kappa shape index (κ3) is 8.66. The van der Waals surface area contributed by atoms with Crippen LogP contribution in [0.3, 0.4) is 0 Å². The van der Waals surface area contributed by atoms with Gasteiger partial charge in [0, 0.05) is 0 Å². The molecule has 0 fully saturated rings. The molecule has 0 heterocycles. The predicted molar refractivity (Wildman–Crippen MR) is 66.7 cm³/mol. The highest BCUT2D eigenvalue weighted by Crippen LogP contribution is 2.08. The van der Waals surface area contributed by atoms with Gasteiger partial charge in [-0.25, -0.2) is 24.2 Å². The summed E-state index contributed by atoms with van der Waals surface area (Å²) in [5.41, 5.74) is 0. The van der Waals surface area contributed by atoms with E-state index in [1.165, 1.54) is 25.2 Å². The number of rotatable bonds is 10. The Kier molecular flexibility index (Phi) is 10.3. The van der Waals surface area contributed by atoms with E-state index < -0.39 is 18.1 Å². The van der Waals surface area contributed by atoms with Crippen molar-refractivity contribution in [1.29, 1.82) is 0 Å². The van der Waals surface area contributed by atoms with E-state index in [1.807, 2.05) is 0 Å². The lowest BCUT2D eigenvalue weighted by atomic mass is 10.1. The van der Waals surface area contributed by atoms with E-state index in [0.29, 0.717) is 19.4 Å². The minimum atomic E-state index is -0.976. The van der Waals surface area contributed by atoms with Crippen molar-refractivity contribution < 1.29 is 23.9 Å². The molecule has 1 radical (unpaired) electrons. The van der Waals surface area contributed by atoms with E-state index in [2.05, 4.69) is 15.0 Å². The first-order valence-corrected chi connectivity index (χ1v) is 5.87. The maximum atomic E-state index is 11.6. The van der Waals surface area contributed by atoms with Crippen LogP contribution < -0.4 is 0 Å². The molecule has 0 aromatic heterocycles. The SMILES string of the molecule is CC([CH]OC(=O)C(CCCCN=C=O)N=C=O)N=C=O. The van der Waals surface area contributed by atoms with Crippen molar-refractivity contribution in [3.05, 3.63) is 6.61 Å². The van der Waals surface area contributed by atoms with Gasteiger partial charge in [0.05, 0.1) is 6.54 Å². The summed E-state index contributed by atoms with van der Waals surface area (Å²) in [6.45, 7) is 2.87. The summed E-state index contributed by atoms with van der Waals surface area (Å²) in [4.78, 5) is 51.7. The van der Waals surface area contributed by atoms with E-state index in [0.717, 1.165) is 6.61 Å². The van der Waals surface area contributed by atoms with Crippen LogP contribution in [0.4, 0.5) is 0 Å². The zero-order chi connectivity index (χ0) is 15.2. The van der Waals surface area contributed by atoms with Gasteiger partial charge in [0.25, 0.3) is 0 Å². The number of carbonyl (C=O) groups is 1. The third-order valence-corrected chi connectivity index (χ3v) is 2.18. The van der Waals surface area contributed by atoms with Crippen molar-refractivity contribution in [3.8, 4) is 0 Å². The zero-order valence-corrected chi connectivity index (χ0v) is 10.9. The van der Waals surface area contributed by atoms with Crippen LogP contribution in [0.1, 0.15) is 26.2 Å². The molecular formula is C12H14N3O5. The molecule has 2 unspecified atom stereocenters. The standard InChI is InChI=1S/C12H14N3O5/c1-10(14-8-17)6-20-12(19)11(15-9-18)4-2-3-5-13-7-16/h6,10-11H,2-5H2,1H3. The molecule has 0 saturated heterocycles. The van der Waals surface area contributed by atoms with Gasteiger partial charge >= 0.3 is 5.97 Å². The lowest BCUT2D eigenvalue weighted by Gasteiger charge is -2.10. The van der Waals surface area contributed by atoms with Crippen molar-refractivity contribution in [2.75, 3.05) is 6.54 Å². The summed E-state index contributed by atoms with van der Waals surface area (Å²) in [7, 11) is 0. The second-order valence-corrected chi connectivity index (χ2v) is 3.74. The molecule has 8 heteroatoms. The van der Waals surface area contributed by atoms with Crippen LogP contribution in [-0.4, -0.2) is 42.8 Å². The largest absolute Gasteiger partial charge is 0.454 e. The van der Waals surface area contributed by atoms with E-state index in [-0.39, 0.29) is 6.42 Å². The van der Waals surface area contributed by atoms with Gasteiger partial charge in [-0.1, -0.05) is 0 Å². The van der Waals surface area contributed by atoms with Gasteiger partial charge in [-0.05, 0) is 26.2 Å². The van der Waals surface area contributed by atoms with Crippen molar-refractivity contribution in [2.24, 2.45) is 15.0 Å². The smallest absolute Gasteiger partial charge is 0.332 e. The number of aliphatic imine (C=N–C) groups is 3. The predicted octanol–water partition coefficient (Wildman–Crippen LogP) is 0.626. The quantitative estimate of drug-likeness (QED) is 0.252. The van der Waals surface area contributed by atoms with Crippen LogP contribution >= 0.6 is 0 Å². The normalized spacial score (nSPS) is 12.1. The number of hydrogen-bond donors (Lipinski definition) is 0. The van der Waals surface area contributed by atoms with Crippen molar-refractivity contribution in [2.45, 2.75) is 38.3 Å². The Hall–Kier alpha value is -2.39. The third-order valence-electron chi connectivity index (χ3n) is 2.18. The Morgan fingerprint density at radius 3 is 2.45 bits per heavy atom. The Morgan fingerprint density at radius 1 is 1.15 bits per heavy atom. The molecule has 0 aliphatic rings. The van der Waals surface area contributed by atoms with Gasteiger partial charge in [-0.15, -0.1) is 0 Å². The number of nitrogens with zero attached hydrogens (tertiary/aromatic N) is 3. The monoisotopic (exact) mass is 280 g/mol. The van der Waals surface area contributed by atoms with E-state index in [1.54, 1.807) is 0 Å². The van der Waals surface area contributed by atoms with Gasteiger partial charge in [-0.3, -0.25) is 0 Å². The highest BCUT2D eigenvalue weighted by molar-refractivity contribution is 5.77. The van der Waals surface area contributed by atoms with E-state index in [9.17, 15) is 19.2 Å². The molecule has 20 heavy (non-hydrogen) atoms. The van der Waals surface area contributed by atoms with Crippen LogP contribution in [0.2, 0.25) is 0 Å². The molecule has 0 rings (SSSR count). The molecule has 0 aromatic carbocycles. The van der Waals surface area contributed by atoms with Crippen molar-refractivity contribution in [3.63, 3.8) is 0 Å². The lowest BCUT2D eigenvalue weighted by Crippen LogP contribution is -2.22. The molecule has 0 N–H and O–H groups in total. The first-order valence-electron chi connectivity index (χ1n) is 5.87. The molecule has 0 aliphatic heterocycles.